The molecular formula is C12H15F3N2. The van der Waals surface area contributed by atoms with Gasteiger partial charge >= 0.3 is 0 Å². The lowest BCUT2D eigenvalue weighted by atomic mass is 10.1. The second-order valence-electron chi connectivity index (χ2n) is 4.45. The molecule has 0 bridgehead atoms. The fourth-order valence-corrected chi connectivity index (χ4v) is 2.12. The lowest BCUT2D eigenvalue weighted by Gasteiger charge is -2.31. The van der Waals surface area contributed by atoms with Crippen molar-refractivity contribution in [3.05, 3.63) is 35.1 Å². The molecule has 1 heterocycles. The summed E-state index contributed by atoms with van der Waals surface area (Å²) in [5.41, 5.74) is 0.0802. The van der Waals surface area contributed by atoms with Crippen LogP contribution in [0.5, 0.6) is 0 Å². The minimum absolute atomic E-state index is 0.0802. The van der Waals surface area contributed by atoms with Crippen LogP contribution >= 0.6 is 0 Å². The van der Waals surface area contributed by atoms with E-state index in [1.165, 1.54) is 0 Å². The van der Waals surface area contributed by atoms with E-state index in [4.69, 9.17) is 0 Å². The Bertz CT molecular complexity index is 409. The molecule has 0 aliphatic carbocycles. The van der Waals surface area contributed by atoms with Crippen LogP contribution < -0.4 is 5.32 Å². The average Bonchev–Trinajstić information content (AvgIpc) is 2.25. The second kappa shape index (κ2) is 5.06. The van der Waals surface area contributed by atoms with Crippen LogP contribution in [0.1, 0.15) is 12.5 Å². The molecule has 2 rings (SSSR count). The number of hydrogen-bond donors (Lipinski definition) is 1. The van der Waals surface area contributed by atoms with Gasteiger partial charge in [0.15, 0.2) is 11.6 Å². The van der Waals surface area contributed by atoms with Gasteiger partial charge in [-0.3, -0.25) is 4.90 Å². The highest BCUT2D eigenvalue weighted by Crippen LogP contribution is 2.16. The Morgan fingerprint density at radius 2 is 2.12 bits per heavy atom. The average molecular weight is 244 g/mol. The van der Waals surface area contributed by atoms with Crippen molar-refractivity contribution in [2.75, 3.05) is 19.6 Å². The van der Waals surface area contributed by atoms with Crippen LogP contribution in [0.2, 0.25) is 0 Å². The van der Waals surface area contributed by atoms with E-state index >= 15 is 0 Å². The van der Waals surface area contributed by atoms with Crippen molar-refractivity contribution in [3.8, 4) is 0 Å². The number of halogens is 3. The van der Waals surface area contributed by atoms with E-state index in [-0.39, 0.29) is 12.1 Å². The highest BCUT2D eigenvalue weighted by molar-refractivity contribution is 5.20. The van der Waals surface area contributed by atoms with E-state index in [2.05, 4.69) is 5.32 Å². The molecule has 1 atom stereocenters. The Kier molecular flexibility index (Phi) is 3.69. The molecule has 0 amide bonds. The Labute approximate surface area is 98.4 Å². The molecule has 1 aromatic carbocycles. The van der Waals surface area contributed by atoms with Gasteiger partial charge in [-0.05, 0) is 13.0 Å². The van der Waals surface area contributed by atoms with Gasteiger partial charge in [0, 0.05) is 43.9 Å². The molecule has 0 spiro atoms. The Hall–Kier alpha value is -1.07. The van der Waals surface area contributed by atoms with Gasteiger partial charge in [0.05, 0.1) is 0 Å². The van der Waals surface area contributed by atoms with Crippen molar-refractivity contribution in [2.24, 2.45) is 0 Å². The van der Waals surface area contributed by atoms with Gasteiger partial charge in [-0.15, -0.1) is 0 Å². The molecule has 0 saturated carbocycles. The van der Waals surface area contributed by atoms with Gasteiger partial charge in [0.25, 0.3) is 0 Å². The van der Waals surface area contributed by atoms with Crippen LogP contribution in [0.4, 0.5) is 13.2 Å². The predicted octanol–water partition coefficient (Wildman–Crippen LogP) is 1.90. The zero-order chi connectivity index (χ0) is 12.4. The second-order valence-corrected chi connectivity index (χ2v) is 4.45. The van der Waals surface area contributed by atoms with Crippen molar-refractivity contribution >= 4 is 0 Å². The van der Waals surface area contributed by atoms with E-state index in [0.717, 1.165) is 25.7 Å². The first-order valence-corrected chi connectivity index (χ1v) is 5.65. The maximum Gasteiger partial charge on any atom is 0.163 e. The summed E-state index contributed by atoms with van der Waals surface area (Å²) in [7, 11) is 0. The smallest absolute Gasteiger partial charge is 0.163 e. The standard InChI is InChI=1S/C12H15F3N2/c1-8-6-17(3-2-16-8)7-9-4-10(13)5-11(14)12(9)15/h4-5,8,16H,2-3,6-7H2,1H3/t8-/m0/s1. The molecule has 1 fully saturated rings. The third kappa shape index (κ3) is 2.98. The summed E-state index contributed by atoms with van der Waals surface area (Å²) >= 11 is 0. The maximum atomic E-state index is 13.4. The van der Waals surface area contributed by atoms with Crippen LogP contribution in [0.3, 0.4) is 0 Å². The Balaban J connectivity index is 2.12. The molecular weight excluding hydrogens is 229 g/mol. The van der Waals surface area contributed by atoms with Crippen LogP contribution in [0.15, 0.2) is 12.1 Å². The van der Waals surface area contributed by atoms with E-state index in [9.17, 15) is 13.2 Å². The lowest BCUT2D eigenvalue weighted by Crippen LogP contribution is -2.48. The first-order valence-electron chi connectivity index (χ1n) is 5.65. The summed E-state index contributed by atoms with van der Waals surface area (Å²) in [6, 6.07) is 1.94. The SMILES string of the molecule is C[C@H]1CN(Cc2cc(F)cc(F)c2F)CCN1. The minimum Gasteiger partial charge on any atom is -0.312 e. The van der Waals surface area contributed by atoms with Crippen LogP contribution in [0, 0.1) is 17.5 Å². The molecule has 1 saturated heterocycles. The summed E-state index contributed by atoms with van der Waals surface area (Å²) in [4.78, 5) is 1.98. The zero-order valence-electron chi connectivity index (χ0n) is 9.64. The molecule has 2 nitrogen and oxygen atoms in total. The van der Waals surface area contributed by atoms with Gasteiger partial charge in [0.1, 0.15) is 5.82 Å². The van der Waals surface area contributed by atoms with Gasteiger partial charge in [-0.25, -0.2) is 13.2 Å². The fraction of sp³-hybridized carbons (Fsp3) is 0.500. The van der Waals surface area contributed by atoms with E-state index in [1.54, 1.807) is 0 Å². The Morgan fingerprint density at radius 3 is 2.82 bits per heavy atom. The monoisotopic (exact) mass is 244 g/mol. The summed E-state index contributed by atoms with van der Waals surface area (Å²) in [5, 5.41) is 3.25. The fourth-order valence-electron chi connectivity index (χ4n) is 2.12. The molecule has 1 aliphatic heterocycles. The van der Waals surface area contributed by atoms with Crippen molar-refractivity contribution in [1.29, 1.82) is 0 Å². The number of piperazine rings is 1. The van der Waals surface area contributed by atoms with Gasteiger partial charge in [-0.1, -0.05) is 0 Å². The normalized spacial score (nSPS) is 21.8. The highest BCUT2D eigenvalue weighted by atomic mass is 19.2. The molecule has 0 radical (unpaired) electrons. The van der Waals surface area contributed by atoms with Gasteiger partial charge in [0.2, 0.25) is 0 Å². The zero-order valence-corrected chi connectivity index (χ0v) is 9.64. The number of hydrogen-bond acceptors (Lipinski definition) is 2. The van der Waals surface area contributed by atoms with Crippen molar-refractivity contribution in [1.82, 2.24) is 10.2 Å². The quantitative estimate of drug-likeness (QED) is 0.799. The van der Waals surface area contributed by atoms with E-state index in [1.807, 2.05) is 11.8 Å². The van der Waals surface area contributed by atoms with Crippen LogP contribution in [0.25, 0.3) is 0 Å². The van der Waals surface area contributed by atoms with Crippen molar-refractivity contribution < 1.29 is 13.2 Å². The van der Waals surface area contributed by atoms with E-state index in [0.29, 0.717) is 12.1 Å². The van der Waals surface area contributed by atoms with Crippen molar-refractivity contribution in [2.45, 2.75) is 19.5 Å². The molecule has 1 N–H and O–H groups in total. The first kappa shape index (κ1) is 12.4. The van der Waals surface area contributed by atoms with E-state index < -0.39 is 17.5 Å². The third-order valence-corrected chi connectivity index (χ3v) is 2.92. The third-order valence-electron chi connectivity index (χ3n) is 2.92. The molecule has 17 heavy (non-hydrogen) atoms. The molecule has 1 aliphatic rings. The van der Waals surface area contributed by atoms with Crippen LogP contribution in [-0.2, 0) is 6.54 Å². The summed E-state index contributed by atoms with van der Waals surface area (Å²) in [6.45, 7) is 4.57. The number of nitrogens with zero attached hydrogens (tertiary/aromatic N) is 1. The van der Waals surface area contributed by atoms with Crippen LogP contribution in [-0.4, -0.2) is 30.6 Å². The lowest BCUT2D eigenvalue weighted by molar-refractivity contribution is 0.196. The summed E-state index contributed by atoms with van der Waals surface area (Å²) in [6.07, 6.45) is 0. The highest BCUT2D eigenvalue weighted by Gasteiger charge is 2.18. The number of benzene rings is 1. The topological polar surface area (TPSA) is 15.3 Å². The molecule has 0 aromatic heterocycles. The van der Waals surface area contributed by atoms with Gasteiger partial charge < -0.3 is 5.32 Å². The van der Waals surface area contributed by atoms with Gasteiger partial charge in [-0.2, -0.15) is 0 Å². The molecule has 94 valence electrons. The maximum absolute atomic E-state index is 13.4. The number of rotatable bonds is 2. The molecule has 5 heteroatoms. The van der Waals surface area contributed by atoms with Crippen molar-refractivity contribution in [3.63, 3.8) is 0 Å². The molecule has 0 unspecified atom stereocenters. The Morgan fingerprint density at radius 1 is 1.35 bits per heavy atom. The largest absolute Gasteiger partial charge is 0.312 e. The molecule has 1 aromatic rings. The summed E-state index contributed by atoms with van der Waals surface area (Å²) < 4.78 is 39.5. The first-order chi connectivity index (χ1) is 8.06. The number of nitrogens with one attached hydrogen (secondary N) is 1. The minimum atomic E-state index is -1.12. The predicted molar refractivity (Wildman–Crippen MR) is 59.1 cm³/mol. The summed E-state index contributed by atoms with van der Waals surface area (Å²) in [5.74, 6) is -2.80.